The molecule has 0 bridgehead atoms. The van der Waals surface area contributed by atoms with E-state index in [1.165, 1.54) is 11.9 Å². The fourth-order valence-electron chi connectivity index (χ4n) is 1.25. The number of likely N-dealkylation sites (N-methyl/N-ethyl adjacent to an activating group) is 1. The fraction of sp³-hybridized carbons (Fsp3) is 0.800. The van der Waals surface area contributed by atoms with E-state index in [2.05, 4.69) is 5.32 Å². The second-order valence-electron chi connectivity index (χ2n) is 3.30. The SMILES string of the molecule is CCOCCNC(=O)N(C)C(CC)C(=O)O. The Labute approximate surface area is 95.6 Å². The van der Waals surface area contributed by atoms with Gasteiger partial charge in [-0.3, -0.25) is 0 Å². The average Bonchev–Trinajstić information content (AvgIpc) is 2.24. The predicted octanol–water partition coefficient (Wildman–Crippen LogP) is 0.527. The zero-order chi connectivity index (χ0) is 12.6. The Balaban J connectivity index is 4.01. The quantitative estimate of drug-likeness (QED) is 0.627. The summed E-state index contributed by atoms with van der Waals surface area (Å²) in [6.45, 7) is 5.00. The molecule has 0 heterocycles. The first-order chi connectivity index (χ1) is 7.54. The number of hydrogen-bond donors (Lipinski definition) is 2. The maximum Gasteiger partial charge on any atom is 0.326 e. The van der Waals surface area contributed by atoms with E-state index in [4.69, 9.17) is 9.84 Å². The number of amides is 2. The minimum atomic E-state index is -0.995. The van der Waals surface area contributed by atoms with Crippen molar-refractivity contribution in [2.45, 2.75) is 26.3 Å². The summed E-state index contributed by atoms with van der Waals surface area (Å²) in [6.07, 6.45) is 0.380. The Kier molecular flexibility index (Phi) is 7.28. The number of urea groups is 1. The van der Waals surface area contributed by atoms with Gasteiger partial charge in [-0.25, -0.2) is 9.59 Å². The Morgan fingerprint density at radius 3 is 2.50 bits per heavy atom. The van der Waals surface area contributed by atoms with Crippen molar-refractivity contribution in [3.63, 3.8) is 0 Å². The first kappa shape index (κ1) is 14.7. The Morgan fingerprint density at radius 1 is 1.44 bits per heavy atom. The Hall–Kier alpha value is -1.30. The number of carbonyl (C=O) groups is 2. The highest BCUT2D eigenvalue weighted by atomic mass is 16.5. The van der Waals surface area contributed by atoms with Crippen LogP contribution in [0.25, 0.3) is 0 Å². The summed E-state index contributed by atoms with van der Waals surface area (Å²) < 4.78 is 5.05. The van der Waals surface area contributed by atoms with Crippen molar-refractivity contribution in [1.29, 1.82) is 0 Å². The van der Waals surface area contributed by atoms with E-state index in [1.54, 1.807) is 6.92 Å². The molecule has 0 saturated carbocycles. The van der Waals surface area contributed by atoms with Gasteiger partial charge in [0.05, 0.1) is 6.61 Å². The van der Waals surface area contributed by atoms with E-state index < -0.39 is 18.0 Å². The van der Waals surface area contributed by atoms with E-state index in [-0.39, 0.29) is 0 Å². The summed E-state index contributed by atoms with van der Waals surface area (Å²) in [4.78, 5) is 23.5. The molecule has 0 aliphatic rings. The van der Waals surface area contributed by atoms with Crippen molar-refractivity contribution in [3.05, 3.63) is 0 Å². The summed E-state index contributed by atoms with van der Waals surface area (Å²) >= 11 is 0. The van der Waals surface area contributed by atoms with Crippen LogP contribution in [-0.2, 0) is 9.53 Å². The van der Waals surface area contributed by atoms with Crippen LogP contribution in [0.5, 0.6) is 0 Å². The third-order valence-corrected chi connectivity index (χ3v) is 2.19. The number of rotatable bonds is 7. The molecule has 16 heavy (non-hydrogen) atoms. The van der Waals surface area contributed by atoms with Gasteiger partial charge in [-0.05, 0) is 13.3 Å². The molecular weight excluding hydrogens is 212 g/mol. The van der Waals surface area contributed by atoms with Gasteiger partial charge >= 0.3 is 12.0 Å². The zero-order valence-electron chi connectivity index (χ0n) is 10.0. The van der Waals surface area contributed by atoms with Crippen LogP contribution in [0, 0.1) is 0 Å². The number of nitrogens with one attached hydrogen (secondary N) is 1. The molecule has 2 N–H and O–H groups in total. The van der Waals surface area contributed by atoms with Crippen LogP contribution in [0.15, 0.2) is 0 Å². The maximum atomic E-state index is 11.5. The predicted molar refractivity (Wildman–Crippen MR) is 59.4 cm³/mol. The molecule has 0 aliphatic heterocycles. The molecule has 94 valence electrons. The fourth-order valence-corrected chi connectivity index (χ4v) is 1.25. The molecule has 0 spiro atoms. The molecule has 0 aliphatic carbocycles. The lowest BCUT2D eigenvalue weighted by Crippen LogP contribution is -2.47. The molecule has 1 atom stereocenters. The highest BCUT2D eigenvalue weighted by Gasteiger charge is 2.24. The topological polar surface area (TPSA) is 78.9 Å². The number of hydrogen-bond acceptors (Lipinski definition) is 3. The van der Waals surface area contributed by atoms with Crippen molar-refractivity contribution < 1.29 is 19.4 Å². The highest BCUT2D eigenvalue weighted by molar-refractivity contribution is 5.82. The largest absolute Gasteiger partial charge is 0.480 e. The zero-order valence-corrected chi connectivity index (χ0v) is 10.0. The van der Waals surface area contributed by atoms with Crippen LogP contribution in [-0.4, -0.2) is 54.9 Å². The monoisotopic (exact) mass is 232 g/mol. The van der Waals surface area contributed by atoms with E-state index in [0.29, 0.717) is 26.2 Å². The van der Waals surface area contributed by atoms with Gasteiger partial charge in [0.2, 0.25) is 0 Å². The molecular formula is C10H20N2O4. The summed E-state index contributed by atoms with van der Waals surface area (Å²) in [5.74, 6) is -0.995. The lowest BCUT2D eigenvalue weighted by atomic mass is 10.2. The summed E-state index contributed by atoms with van der Waals surface area (Å²) in [5.41, 5.74) is 0. The molecule has 0 aromatic rings. The second-order valence-corrected chi connectivity index (χ2v) is 3.30. The van der Waals surface area contributed by atoms with Gasteiger partial charge in [0.25, 0.3) is 0 Å². The van der Waals surface area contributed by atoms with Crippen molar-refractivity contribution in [2.75, 3.05) is 26.8 Å². The van der Waals surface area contributed by atoms with Gasteiger partial charge < -0.3 is 20.1 Å². The number of carboxylic acids is 1. The van der Waals surface area contributed by atoms with Crippen molar-refractivity contribution in [3.8, 4) is 0 Å². The molecule has 1 unspecified atom stereocenters. The standard InChI is InChI=1S/C10H20N2O4/c1-4-8(9(13)14)12(3)10(15)11-6-7-16-5-2/h8H,4-7H2,1-3H3,(H,11,15)(H,13,14). The van der Waals surface area contributed by atoms with Crippen LogP contribution in [0.4, 0.5) is 4.79 Å². The molecule has 0 aromatic carbocycles. The van der Waals surface area contributed by atoms with E-state index in [0.717, 1.165) is 0 Å². The van der Waals surface area contributed by atoms with Crippen LogP contribution in [0.2, 0.25) is 0 Å². The second kappa shape index (κ2) is 7.92. The molecule has 2 amide bonds. The minimum Gasteiger partial charge on any atom is -0.480 e. The highest BCUT2D eigenvalue weighted by Crippen LogP contribution is 2.01. The number of aliphatic carboxylic acids is 1. The van der Waals surface area contributed by atoms with E-state index >= 15 is 0 Å². The first-order valence-corrected chi connectivity index (χ1v) is 5.35. The normalized spacial score (nSPS) is 11.9. The number of nitrogens with zero attached hydrogens (tertiary/aromatic N) is 1. The van der Waals surface area contributed by atoms with Gasteiger partial charge in [0.15, 0.2) is 0 Å². The van der Waals surface area contributed by atoms with Crippen LogP contribution in [0.1, 0.15) is 20.3 Å². The van der Waals surface area contributed by atoms with Gasteiger partial charge in [-0.2, -0.15) is 0 Å². The molecule has 0 aromatic heterocycles. The lowest BCUT2D eigenvalue weighted by Gasteiger charge is -2.23. The van der Waals surface area contributed by atoms with Gasteiger partial charge in [-0.15, -0.1) is 0 Å². The van der Waals surface area contributed by atoms with E-state index in [1.807, 2.05) is 6.92 Å². The number of carbonyl (C=O) groups excluding carboxylic acids is 1. The number of carboxylic acid groups (broad SMARTS) is 1. The lowest BCUT2D eigenvalue weighted by molar-refractivity contribution is -0.141. The Morgan fingerprint density at radius 2 is 2.06 bits per heavy atom. The molecule has 0 radical (unpaired) electrons. The molecule has 0 rings (SSSR count). The maximum absolute atomic E-state index is 11.5. The third-order valence-electron chi connectivity index (χ3n) is 2.19. The van der Waals surface area contributed by atoms with Gasteiger partial charge in [-0.1, -0.05) is 6.92 Å². The smallest absolute Gasteiger partial charge is 0.326 e. The molecule has 6 heteroatoms. The number of ether oxygens (including phenoxy) is 1. The molecule has 6 nitrogen and oxygen atoms in total. The summed E-state index contributed by atoms with van der Waals surface area (Å²) in [6, 6.07) is -1.18. The van der Waals surface area contributed by atoms with Crippen LogP contribution < -0.4 is 5.32 Å². The molecule has 0 saturated heterocycles. The van der Waals surface area contributed by atoms with E-state index in [9.17, 15) is 9.59 Å². The van der Waals surface area contributed by atoms with Gasteiger partial charge in [0, 0.05) is 20.2 Å². The van der Waals surface area contributed by atoms with Crippen LogP contribution in [0.3, 0.4) is 0 Å². The third kappa shape index (κ3) is 4.97. The average molecular weight is 232 g/mol. The Bertz CT molecular complexity index is 233. The van der Waals surface area contributed by atoms with Gasteiger partial charge in [0.1, 0.15) is 6.04 Å². The van der Waals surface area contributed by atoms with Crippen LogP contribution >= 0.6 is 0 Å². The summed E-state index contributed by atoms with van der Waals surface area (Å²) in [5, 5.41) is 11.4. The van der Waals surface area contributed by atoms with Crippen molar-refractivity contribution in [2.24, 2.45) is 0 Å². The minimum absolute atomic E-state index is 0.380. The summed E-state index contributed by atoms with van der Waals surface area (Å²) in [7, 11) is 1.47. The first-order valence-electron chi connectivity index (χ1n) is 5.35. The van der Waals surface area contributed by atoms with Crippen molar-refractivity contribution in [1.82, 2.24) is 10.2 Å². The van der Waals surface area contributed by atoms with Crippen molar-refractivity contribution >= 4 is 12.0 Å². The molecule has 0 fully saturated rings.